The normalized spacial score (nSPS) is 10.8. The third kappa shape index (κ3) is 2.87. The number of fused-ring (bicyclic) bond motifs is 1. The van der Waals surface area contributed by atoms with E-state index in [1.165, 1.54) is 0 Å². The van der Waals surface area contributed by atoms with Gasteiger partial charge in [-0.1, -0.05) is 0 Å². The SMILES string of the molecule is COCCCNC(=O)c1ccc2nc(C)oc2c1. The largest absolute Gasteiger partial charge is 0.441 e. The average Bonchev–Trinajstić information content (AvgIpc) is 2.73. The van der Waals surface area contributed by atoms with Crippen LogP contribution >= 0.6 is 0 Å². The molecule has 5 nitrogen and oxygen atoms in total. The molecule has 0 aliphatic carbocycles. The van der Waals surface area contributed by atoms with E-state index in [1.54, 1.807) is 32.2 Å². The van der Waals surface area contributed by atoms with Gasteiger partial charge in [0.25, 0.3) is 5.91 Å². The lowest BCUT2D eigenvalue weighted by atomic mass is 10.2. The minimum Gasteiger partial charge on any atom is -0.441 e. The molecule has 0 spiro atoms. The molecule has 0 unspecified atom stereocenters. The molecule has 0 aliphatic heterocycles. The highest BCUT2D eigenvalue weighted by Gasteiger charge is 2.08. The summed E-state index contributed by atoms with van der Waals surface area (Å²) in [6.07, 6.45) is 0.798. The summed E-state index contributed by atoms with van der Waals surface area (Å²) < 4.78 is 10.3. The van der Waals surface area contributed by atoms with Gasteiger partial charge in [-0.05, 0) is 24.6 Å². The number of hydrogen-bond acceptors (Lipinski definition) is 4. The first-order chi connectivity index (χ1) is 8.70. The Hall–Kier alpha value is -1.88. The third-order valence-electron chi connectivity index (χ3n) is 2.57. The molecule has 18 heavy (non-hydrogen) atoms. The number of oxazole rings is 1. The molecular formula is C13H16N2O3. The molecule has 1 aromatic carbocycles. The van der Waals surface area contributed by atoms with Crippen molar-refractivity contribution in [2.45, 2.75) is 13.3 Å². The number of nitrogens with zero attached hydrogens (tertiary/aromatic N) is 1. The fourth-order valence-electron chi connectivity index (χ4n) is 1.70. The minimum atomic E-state index is -0.109. The summed E-state index contributed by atoms with van der Waals surface area (Å²) in [6.45, 7) is 3.02. The first-order valence-corrected chi connectivity index (χ1v) is 5.85. The second-order valence-electron chi connectivity index (χ2n) is 4.02. The quantitative estimate of drug-likeness (QED) is 0.821. The Kier molecular flexibility index (Phi) is 3.94. The Morgan fingerprint density at radius 1 is 1.50 bits per heavy atom. The molecule has 0 aliphatic rings. The van der Waals surface area contributed by atoms with Crippen LogP contribution in [0.2, 0.25) is 0 Å². The van der Waals surface area contributed by atoms with Gasteiger partial charge in [-0.2, -0.15) is 0 Å². The summed E-state index contributed by atoms with van der Waals surface area (Å²) in [4.78, 5) is 16.0. The van der Waals surface area contributed by atoms with Gasteiger partial charge in [0.15, 0.2) is 11.5 Å². The maximum Gasteiger partial charge on any atom is 0.251 e. The predicted molar refractivity (Wildman–Crippen MR) is 67.6 cm³/mol. The number of rotatable bonds is 5. The second-order valence-corrected chi connectivity index (χ2v) is 4.02. The Morgan fingerprint density at radius 2 is 2.33 bits per heavy atom. The fraction of sp³-hybridized carbons (Fsp3) is 0.385. The topological polar surface area (TPSA) is 64.4 Å². The van der Waals surface area contributed by atoms with Crippen molar-refractivity contribution in [3.8, 4) is 0 Å². The van der Waals surface area contributed by atoms with Gasteiger partial charge in [-0.15, -0.1) is 0 Å². The van der Waals surface area contributed by atoms with Crippen LogP contribution in [-0.4, -0.2) is 31.2 Å². The molecule has 2 rings (SSSR count). The zero-order valence-corrected chi connectivity index (χ0v) is 10.5. The zero-order valence-electron chi connectivity index (χ0n) is 10.5. The molecule has 2 aromatic rings. The van der Waals surface area contributed by atoms with E-state index in [-0.39, 0.29) is 5.91 Å². The molecule has 1 N–H and O–H groups in total. The van der Waals surface area contributed by atoms with Gasteiger partial charge >= 0.3 is 0 Å². The van der Waals surface area contributed by atoms with Crippen molar-refractivity contribution in [2.24, 2.45) is 0 Å². The number of amides is 1. The van der Waals surface area contributed by atoms with Crippen LogP contribution in [0.15, 0.2) is 22.6 Å². The van der Waals surface area contributed by atoms with Crippen LogP contribution in [0.25, 0.3) is 11.1 Å². The van der Waals surface area contributed by atoms with E-state index < -0.39 is 0 Å². The molecule has 96 valence electrons. The molecule has 0 saturated carbocycles. The van der Waals surface area contributed by atoms with Gasteiger partial charge in [0.1, 0.15) is 5.52 Å². The molecule has 0 radical (unpaired) electrons. The monoisotopic (exact) mass is 248 g/mol. The molecule has 1 amide bonds. The number of aryl methyl sites for hydroxylation is 1. The first kappa shape index (κ1) is 12.6. The van der Waals surface area contributed by atoms with Crippen molar-refractivity contribution in [2.75, 3.05) is 20.3 Å². The van der Waals surface area contributed by atoms with E-state index >= 15 is 0 Å². The van der Waals surface area contributed by atoms with Crippen LogP contribution in [0.4, 0.5) is 0 Å². The fourth-order valence-corrected chi connectivity index (χ4v) is 1.70. The Labute approximate surface area is 105 Å². The number of carbonyl (C=O) groups is 1. The molecule has 1 heterocycles. The number of carbonyl (C=O) groups excluding carboxylic acids is 1. The molecular weight excluding hydrogens is 232 g/mol. The lowest BCUT2D eigenvalue weighted by molar-refractivity contribution is 0.0948. The summed E-state index contributed by atoms with van der Waals surface area (Å²) in [7, 11) is 1.64. The molecule has 0 atom stereocenters. The maximum absolute atomic E-state index is 11.8. The van der Waals surface area contributed by atoms with Crippen molar-refractivity contribution >= 4 is 17.0 Å². The molecule has 0 saturated heterocycles. The van der Waals surface area contributed by atoms with E-state index in [1.807, 2.05) is 0 Å². The Balaban J connectivity index is 2.03. The number of benzene rings is 1. The van der Waals surface area contributed by atoms with Crippen LogP contribution < -0.4 is 5.32 Å². The number of methoxy groups -OCH3 is 1. The minimum absolute atomic E-state index is 0.109. The summed E-state index contributed by atoms with van der Waals surface area (Å²) >= 11 is 0. The summed E-state index contributed by atoms with van der Waals surface area (Å²) in [5, 5.41) is 2.82. The summed E-state index contributed by atoms with van der Waals surface area (Å²) in [5.41, 5.74) is 1.98. The van der Waals surface area contributed by atoms with Crippen LogP contribution in [0.3, 0.4) is 0 Å². The first-order valence-electron chi connectivity index (χ1n) is 5.85. The van der Waals surface area contributed by atoms with Gasteiger partial charge in [-0.25, -0.2) is 4.98 Å². The predicted octanol–water partition coefficient (Wildman–Crippen LogP) is 1.90. The zero-order chi connectivity index (χ0) is 13.0. The third-order valence-corrected chi connectivity index (χ3v) is 2.57. The number of hydrogen-bond donors (Lipinski definition) is 1. The van der Waals surface area contributed by atoms with Crippen LogP contribution in [-0.2, 0) is 4.74 Å². The Bertz CT molecular complexity index is 548. The highest BCUT2D eigenvalue weighted by atomic mass is 16.5. The molecule has 0 bridgehead atoms. The van der Waals surface area contributed by atoms with Gasteiger partial charge in [0, 0.05) is 32.7 Å². The van der Waals surface area contributed by atoms with Crippen LogP contribution in [0.5, 0.6) is 0 Å². The smallest absolute Gasteiger partial charge is 0.251 e. The van der Waals surface area contributed by atoms with Crippen LogP contribution in [0.1, 0.15) is 22.7 Å². The average molecular weight is 248 g/mol. The molecule has 5 heteroatoms. The van der Waals surface area contributed by atoms with Crippen molar-refractivity contribution in [1.82, 2.24) is 10.3 Å². The lowest BCUT2D eigenvalue weighted by Crippen LogP contribution is -2.25. The maximum atomic E-state index is 11.8. The van der Waals surface area contributed by atoms with Gasteiger partial charge in [0.05, 0.1) is 0 Å². The van der Waals surface area contributed by atoms with Crippen molar-refractivity contribution in [3.05, 3.63) is 29.7 Å². The van der Waals surface area contributed by atoms with Crippen molar-refractivity contribution < 1.29 is 13.9 Å². The highest BCUT2D eigenvalue weighted by molar-refractivity contribution is 5.96. The Morgan fingerprint density at radius 3 is 3.11 bits per heavy atom. The molecule has 0 fully saturated rings. The van der Waals surface area contributed by atoms with E-state index in [0.29, 0.717) is 30.2 Å². The van der Waals surface area contributed by atoms with E-state index in [9.17, 15) is 4.79 Å². The summed E-state index contributed by atoms with van der Waals surface area (Å²) in [6, 6.07) is 5.24. The standard InChI is InChI=1S/C13H16N2O3/c1-9-15-11-5-4-10(8-12(11)18-9)13(16)14-6-3-7-17-2/h4-5,8H,3,6-7H2,1-2H3,(H,14,16). The van der Waals surface area contributed by atoms with E-state index in [4.69, 9.17) is 9.15 Å². The number of aromatic nitrogens is 1. The van der Waals surface area contributed by atoms with Gasteiger partial charge < -0.3 is 14.5 Å². The van der Waals surface area contributed by atoms with Gasteiger partial charge in [0.2, 0.25) is 0 Å². The number of nitrogens with one attached hydrogen (secondary N) is 1. The second kappa shape index (κ2) is 5.64. The number of ether oxygens (including phenoxy) is 1. The van der Waals surface area contributed by atoms with Gasteiger partial charge in [-0.3, -0.25) is 4.79 Å². The van der Waals surface area contributed by atoms with Crippen molar-refractivity contribution in [1.29, 1.82) is 0 Å². The van der Waals surface area contributed by atoms with E-state index in [0.717, 1.165) is 11.9 Å². The molecule has 1 aromatic heterocycles. The highest BCUT2D eigenvalue weighted by Crippen LogP contribution is 2.16. The van der Waals surface area contributed by atoms with Crippen molar-refractivity contribution in [3.63, 3.8) is 0 Å². The van der Waals surface area contributed by atoms with E-state index in [2.05, 4.69) is 10.3 Å². The van der Waals surface area contributed by atoms with Crippen LogP contribution in [0, 0.1) is 6.92 Å². The lowest BCUT2D eigenvalue weighted by Gasteiger charge is -2.04. The summed E-state index contributed by atoms with van der Waals surface area (Å²) in [5.74, 6) is 0.490.